The van der Waals surface area contributed by atoms with Crippen molar-refractivity contribution in [3.63, 3.8) is 0 Å². The Morgan fingerprint density at radius 1 is 1.14 bits per heavy atom. The Morgan fingerprint density at radius 3 is 2.62 bits per heavy atom. The molecule has 0 atom stereocenters. The Hall–Kier alpha value is -2.18. The molecule has 1 aromatic carbocycles. The van der Waals surface area contributed by atoms with E-state index in [4.69, 9.17) is 4.74 Å². The number of amides is 1. The van der Waals surface area contributed by atoms with Gasteiger partial charge in [-0.3, -0.25) is 9.69 Å². The summed E-state index contributed by atoms with van der Waals surface area (Å²) in [6, 6.07) is 6.42. The van der Waals surface area contributed by atoms with Gasteiger partial charge in [-0.25, -0.2) is 4.79 Å². The smallest absolute Gasteiger partial charge is 0.341 e. The highest BCUT2D eigenvalue weighted by Gasteiger charge is 2.30. The molecule has 1 aliphatic heterocycles. The molecule has 2 aromatic rings. The number of esters is 1. The van der Waals surface area contributed by atoms with Crippen molar-refractivity contribution >= 4 is 28.2 Å². The van der Waals surface area contributed by atoms with Crippen LogP contribution in [0.5, 0.6) is 0 Å². The number of anilines is 1. The molecule has 2 aliphatic rings. The lowest BCUT2D eigenvalue weighted by Crippen LogP contribution is -2.35. The molecule has 1 N–H and O–H groups in total. The Morgan fingerprint density at radius 2 is 1.90 bits per heavy atom. The fourth-order valence-electron chi connectivity index (χ4n) is 4.32. The monoisotopic (exact) mass is 412 g/mol. The van der Waals surface area contributed by atoms with Crippen LogP contribution in [0, 0.1) is 0 Å². The molecule has 2 heterocycles. The number of rotatable bonds is 4. The third-order valence-corrected chi connectivity index (χ3v) is 7.18. The fraction of sp³-hybridized carbons (Fsp3) is 0.478. The summed E-state index contributed by atoms with van der Waals surface area (Å²) in [7, 11) is 1.39. The van der Waals surface area contributed by atoms with Crippen LogP contribution in [0.2, 0.25) is 0 Å². The van der Waals surface area contributed by atoms with E-state index in [0.29, 0.717) is 22.2 Å². The Bertz CT molecular complexity index is 948. The van der Waals surface area contributed by atoms with E-state index in [-0.39, 0.29) is 11.9 Å². The van der Waals surface area contributed by atoms with Crippen molar-refractivity contribution in [2.75, 3.05) is 19.0 Å². The maximum Gasteiger partial charge on any atom is 0.341 e. The largest absolute Gasteiger partial charge is 0.465 e. The highest BCUT2D eigenvalue weighted by Crippen LogP contribution is 2.38. The lowest BCUT2D eigenvalue weighted by molar-refractivity contribution is 0.0600. The number of thiophene rings is 1. The molecule has 1 aromatic heterocycles. The molecule has 0 fully saturated rings. The molecular weight excluding hydrogens is 384 g/mol. The van der Waals surface area contributed by atoms with Gasteiger partial charge < -0.3 is 10.1 Å². The number of carbonyl (C=O) groups excluding carboxylic acids is 2. The first-order valence-electron chi connectivity index (χ1n) is 10.4. The van der Waals surface area contributed by atoms with Crippen molar-refractivity contribution in [3.05, 3.63) is 50.9 Å². The van der Waals surface area contributed by atoms with Crippen LogP contribution in [-0.2, 0) is 30.5 Å². The summed E-state index contributed by atoms with van der Waals surface area (Å²) in [5.41, 5.74) is 4.83. The summed E-state index contributed by atoms with van der Waals surface area (Å²) < 4.78 is 5.04. The summed E-state index contributed by atoms with van der Waals surface area (Å²) >= 11 is 1.50. The molecule has 0 saturated heterocycles. The van der Waals surface area contributed by atoms with Gasteiger partial charge in [0, 0.05) is 29.6 Å². The van der Waals surface area contributed by atoms with Crippen LogP contribution >= 0.6 is 11.3 Å². The number of aryl methyl sites for hydroxylation is 2. The first-order valence-corrected chi connectivity index (χ1v) is 11.2. The quantitative estimate of drug-likeness (QED) is 0.755. The number of ether oxygens (including phenoxy) is 1. The summed E-state index contributed by atoms with van der Waals surface area (Å²) in [6.07, 6.45) is 5.31. The predicted octanol–water partition coefficient (Wildman–Crippen LogP) is 4.43. The molecule has 0 radical (unpaired) electrons. The van der Waals surface area contributed by atoms with Crippen LogP contribution in [0.25, 0.3) is 0 Å². The lowest BCUT2D eigenvalue weighted by Gasteiger charge is -2.30. The van der Waals surface area contributed by atoms with Crippen molar-refractivity contribution in [3.8, 4) is 0 Å². The molecule has 29 heavy (non-hydrogen) atoms. The molecule has 4 rings (SSSR count). The maximum absolute atomic E-state index is 13.0. The summed E-state index contributed by atoms with van der Waals surface area (Å²) in [4.78, 5) is 29.0. The zero-order valence-electron chi connectivity index (χ0n) is 17.3. The third kappa shape index (κ3) is 3.96. The first-order chi connectivity index (χ1) is 14.0. The molecule has 5 nitrogen and oxygen atoms in total. The molecule has 0 unspecified atom stereocenters. The number of nitrogens with one attached hydrogen (secondary N) is 1. The van der Waals surface area contributed by atoms with Crippen LogP contribution in [0.4, 0.5) is 5.00 Å². The van der Waals surface area contributed by atoms with Gasteiger partial charge in [0.1, 0.15) is 5.00 Å². The Balaban J connectivity index is 1.63. The molecular formula is C23H28N2O3S. The third-order valence-electron chi connectivity index (χ3n) is 6.04. The minimum Gasteiger partial charge on any atom is -0.465 e. The number of methoxy groups -OCH3 is 1. The van der Waals surface area contributed by atoms with Gasteiger partial charge in [0.25, 0.3) is 5.91 Å². The van der Waals surface area contributed by atoms with Crippen LogP contribution < -0.4 is 5.32 Å². The minimum absolute atomic E-state index is 0.164. The maximum atomic E-state index is 13.0. The van der Waals surface area contributed by atoms with Gasteiger partial charge >= 0.3 is 5.97 Å². The van der Waals surface area contributed by atoms with E-state index in [0.717, 1.165) is 42.8 Å². The van der Waals surface area contributed by atoms with Gasteiger partial charge in [-0.15, -0.1) is 11.3 Å². The molecule has 0 saturated carbocycles. The zero-order chi connectivity index (χ0) is 20.5. The lowest BCUT2D eigenvalue weighted by atomic mass is 9.90. The second-order valence-electron chi connectivity index (χ2n) is 8.16. The second-order valence-corrected chi connectivity index (χ2v) is 9.26. The van der Waals surface area contributed by atoms with Gasteiger partial charge in [-0.05, 0) is 74.8 Å². The number of carbonyl (C=O) groups is 2. The highest BCUT2D eigenvalue weighted by molar-refractivity contribution is 7.17. The van der Waals surface area contributed by atoms with Gasteiger partial charge in [0.05, 0.1) is 12.7 Å². The predicted molar refractivity (Wildman–Crippen MR) is 116 cm³/mol. The molecule has 1 aliphatic carbocycles. The molecule has 1 amide bonds. The Kier molecular flexibility index (Phi) is 5.74. The average molecular weight is 413 g/mol. The van der Waals surface area contributed by atoms with E-state index in [9.17, 15) is 9.59 Å². The first kappa shape index (κ1) is 20.1. The SMILES string of the molecule is COC(=O)c1c(NC(=O)c2ccc3c(c2)CCCC3)sc2c1CCN(C(C)C)C2. The molecule has 0 bridgehead atoms. The molecule has 0 spiro atoms. The number of fused-ring (bicyclic) bond motifs is 2. The van der Waals surface area contributed by atoms with Crippen molar-refractivity contribution in [1.82, 2.24) is 4.90 Å². The second kappa shape index (κ2) is 8.28. The van der Waals surface area contributed by atoms with E-state index in [2.05, 4.69) is 30.1 Å². The van der Waals surface area contributed by atoms with Crippen molar-refractivity contribution in [1.29, 1.82) is 0 Å². The van der Waals surface area contributed by atoms with E-state index in [1.54, 1.807) is 0 Å². The van der Waals surface area contributed by atoms with E-state index in [1.165, 1.54) is 42.4 Å². The summed E-state index contributed by atoms with van der Waals surface area (Å²) in [5.74, 6) is -0.538. The van der Waals surface area contributed by atoms with E-state index < -0.39 is 0 Å². The van der Waals surface area contributed by atoms with Gasteiger partial charge in [0.2, 0.25) is 0 Å². The summed E-state index contributed by atoms with van der Waals surface area (Å²) in [5, 5.41) is 3.62. The molecule has 154 valence electrons. The Labute approximate surface area is 176 Å². The standard InChI is InChI=1S/C23H28N2O3S/c1-14(2)25-11-10-18-19(13-25)29-22(20(18)23(27)28-3)24-21(26)17-9-8-15-6-4-5-7-16(15)12-17/h8-9,12,14H,4-7,10-11,13H2,1-3H3,(H,24,26). The van der Waals surface area contributed by atoms with Crippen LogP contribution in [0.3, 0.4) is 0 Å². The fourth-order valence-corrected chi connectivity index (χ4v) is 5.58. The van der Waals surface area contributed by atoms with Gasteiger partial charge in [-0.2, -0.15) is 0 Å². The van der Waals surface area contributed by atoms with Crippen LogP contribution in [0.1, 0.15) is 69.0 Å². The number of hydrogen-bond acceptors (Lipinski definition) is 5. The average Bonchev–Trinajstić information content (AvgIpc) is 3.09. The number of benzene rings is 1. The van der Waals surface area contributed by atoms with E-state index in [1.807, 2.05) is 12.1 Å². The van der Waals surface area contributed by atoms with E-state index >= 15 is 0 Å². The normalized spacial score (nSPS) is 16.3. The zero-order valence-corrected chi connectivity index (χ0v) is 18.2. The van der Waals surface area contributed by atoms with Crippen LogP contribution in [-0.4, -0.2) is 36.5 Å². The van der Waals surface area contributed by atoms with Gasteiger partial charge in [-0.1, -0.05) is 6.07 Å². The number of nitrogens with zero attached hydrogens (tertiary/aromatic N) is 1. The number of hydrogen-bond donors (Lipinski definition) is 1. The summed E-state index contributed by atoms with van der Waals surface area (Å²) in [6.45, 7) is 6.07. The van der Waals surface area contributed by atoms with Crippen molar-refractivity contribution in [2.24, 2.45) is 0 Å². The minimum atomic E-state index is -0.374. The highest BCUT2D eigenvalue weighted by atomic mass is 32.1. The van der Waals surface area contributed by atoms with Crippen molar-refractivity contribution < 1.29 is 14.3 Å². The van der Waals surface area contributed by atoms with Crippen molar-refractivity contribution in [2.45, 2.75) is 58.5 Å². The molecule has 6 heteroatoms. The van der Waals surface area contributed by atoms with Gasteiger partial charge in [0.15, 0.2) is 0 Å². The van der Waals surface area contributed by atoms with Crippen LogP contribution in [0.15, 0.2) is 18.2 Å². The topological polar surface area (TPSA) is 58.6 Å².